The molecule has 0 bridgehead atoms. The number of aliphatic hydroxyl groups excluding tert-OH is 1. The predicted octanol–water partition coefficient (Wildman–Crippen LogP) is 4.68. The second-order valence-electron chi connectivity index (χ2n) is 8.76. The van der Waals surface area contributed by atoms with E-state index in [4.69, 9.17) is 16.3 Å². The molecule has 2 aromatic heterocycles. The highest BCUT2D eigenvalue weighted by Gasteiger charge is 2.29. The number of halogens is 3. The molecule has 0 saturated heterocycles. The monoisotopic (exact) mass is 478 g/mol. The first-order valence-corrected chi connectivity index (χ1v) is 10.8. The number of benzene rings is 1. The van der Waals surface area contributed by atoms with Crippen LogP contribution in [0.1, 0.15) is 55.2 Å². The third-order valence-electron chi connectivity index (χ3n) is 5.45. The van der Waals surface area contributed by atoms with Gasteiger partial charge in [0, 0.05) is 18.2 Å². The Kier molecular flexibility index (Phi) is 7.19. The van der Waals surface area contributed by atoms with Gasteiger partial charge in [0.15, 0.2) is 0 Å². The predicted molar refractivity (Wildman–Crippen MR) is 122 cm³/mol. The maximum absolute atomic E-state index is 15.1. The number of pyridine rings is 2. The fourth-order valence-corrected chi connectivity index (χ4v) is 3.87. The molecule has 0 saturated carbocycles. The lowest BCUT2D eigenvalue weighted by atomic mass is 9.86. The minimum atomic E-state index is -0.899. The zero-order valence-electron chi connectivity index (χ0n) is 18.8. The summed E-state index contributed by atoms with van der Waals surface area (Å²) in [4.78, 5) is 29.6. The first kappa shape index (κ1) is 24.8. The van der Waals surface area contributed by atoms with Crippen LogP contribution in [0.15, 0.2) is 35.3 Å². The third kappa shape index (κ3) is 4.91. The lowest BCUT2D eigenvalue weighted by molar-refractivity contribution is 0.0522. The maximum Gasteiger partial charge on any atom is 0.343 e. The standard InChI is InChI=1S/C24H25ClF2N2O4/c1-5-33-23(32)16-11-29(18(12-30)24(2,3)4)22-15(20(16)31)10-14(21(27)28-22)9-13-7-6-8-17(25)19(13)26/h6-8,10-11,18,30H,5,9,12H2,1-4H3/t18-/m1/s1. The third-order valence-corrected chi connectivity index (χ3v) is 5.74. The summed E-state index contributed by atoms with van der Waals surface area (Å²) < 4.78 is 35.9. The van der Waals surface area contributed by atoms with Crippen LogP contribution < -0.4 is 5.43 Å². The Bertz CT molecular complexity index is 1270. The van der Waals surface area contributed by atoms with Crippen molar-refractivity contribution in [2.75, 3.05) is 13.2 Å². The van der Waals surface area contributed by atoms with Crippen LogP contribution in [0.3, 0.4) is 0 Å². The zero-order chi connectivity index (χ0) is 24.5. The molecule has 33 heavy (non-hydrogen) atoms. The van der Waals surface area contributed by atoms with E-state index in [0.29, 0.717) is 0 Å². The minimum Gasteiger partial charge on any atom is -0.462 e. The highest BCUT2D eigenvalue weighted by Crippen LogP contribution is 2.32. The molecule has 0 aliphatic heterocycles. The van der Waals surface area contributed by atoms with E-state index in [1.54, 1.807) is 6.92 Å². The van der Waals surface area contributed by atoms with Crippen LogP contribution in [0.25, 0.3) is 11.0 Å². The Morgan fingerprint density at radius 2 is 1.97 bits per heavy atom. The molecule has 2 heterocycles. The zero-order valence-corrected chi connectivity index (χ0v) is 19.5. The quantitative estimate of drug-likeness (QED) is 0.411. The van der Waals surface area contributed by atoms with Crippen molar-refractivity contribution < 1.29 is 23.4 Å². The van der Waals surface area contributed by atoms with Gasteiger partial charge in [0.1, 0.15) is 17.0 Å². The molecule has 0 unspecified atom stereocenters. The number of fused-ring (bicyclic) bond motifs is 1. The summed E-state index contributed by atoms with van der Waals surface area (Å²) >= 11 is 5.83. The van der Waals surface area contributed by atoms with Crippen LogP contribution >= 0.6 is 11.6 Å². The van der Waals surface area contributed by atoms with Gasteiger partial charge in [-0.3, -0.25) is 4.79 Å². The fraction of sp³-hybridized carbons (Fsp3) is 0.375. The molecular formula is C24H25ClF2N2O4. The Morgan fingerprint density at radius 3 is 2.58 bits per heavy atom. The molecule has 1 N–H and O–H groups in total. The number of aliphatic hydroxyl groups is 1. The first-order chi connectivity index (χ1) is 15.5. The van der Waals surface area contributed by atoms with E-state index in [1.165, 1.54) is 35.0 Å². The number of carbonyl (C=O) groups excluding carboxylic acids is 1. The van der Waals surface area contributed by atoms with Crippen molar-refractivity contribution in [1.29, 1.82) is 0 Å². The van der Waals surface area contributed by atoms with E-state index >= 15 is 4.39 Å². The van der Waals surface area contributed by atoms with Crippen molar-refractivity contribution in [3.05, 3.63) is 74.2 Å². The summed E-state index contributed by atoms with van der Waals surface area (Å²) in [6, 6.07) is 5.00. The molecule has 0 spiro atoms. The molecule has 3 aromatic rings. The van der Waals surface area contributed by atoms with Gasteiger partial charge in [-0.15, -0.1) is 0 Å². The molecule has 9 heteroatoms. The minimum absolute atomic E-state index is 0.0326. The molecular weight excluding hydrogens is 454 g/mol. The topological polar surface area (TPSA) is 81.4 Å². The van der Waals surface area contributed by atoms with Gasteiger partial charge in [0.2, 0.25) is 11.4 Å². The molecule has 0 fully saturated rings. The maximum atomic E-state index is 15.1. The average molecular weight is 479 g/mol. The Hall–Kier alpha value is -2.84. The summed E-state index contributed by atoms with van der Waals surface area (Å²) in [5.74, 6) is -2.43. The molecule has 1 aromatic carbocycles. The van der Waals surface area contributed by atoms with E-state index in [0.717, 1.165) is 0 Å². The number of ether oxygens (including phenoxy) is 1. The fourth-order valence-electron chi connectivity index (χ4n) is 3.68. The molecule has 6 nitrogen and oxygen atoms in total. The second-order valence-corrected chi connectivity index (χ2v) is 9.17. The van der Waals surface area contributed by atoms with Crippen molar-refractivity contribution in [1.82, 2.24) is 9.55 Å². The van der Waals surface area contributed by atoms with Crippen molar-refractivity contribution in [2.45, 2.75) is 40.2 Å². The second kappa shape index (κ2) is 9.57. The lowest BCUT2D eigenvalue weighted by Gasteiger charge is -2.32. The van der Waals surface area contributed by atoms with Crippen LogP contribution in [0.2, 0.25) is 5.02 Å². The summed E-state index contributed by atoms with van der Waals surface area (Å²) in [5.41, 5.74) is -1.42. The van der Waals surface area contributed by atoms with E-state index in [2.05, 4.69) is 4.98 Å². The van der Waals surface area contributed by atoms with Crippen LogP contribution in [0.4, 0.5) is 8.78 Å². The van der Waals surface area contributed by atoms with Crippen molar-refractivity contribution in [2.24, 2.45) is 5.41 Å². The van der Waals surface area contributed by atoms with Crippen molar-refractivity contribution in [3.63, 3.8) is 0 Å². The summed E-state index contributed by atoms with van der Waals surface area (Å²) in [5, 5.41) is 9.91. The summed E-state index contributed by atoms with van der Waals surface area (Å²) in [7, 11) is 0. The number of esters is 1. The Labute approximate surface area is 194 Å². The van der Waals surface area contributed by atoms with Gasteiger partial charge in [-0.2, -0.15) is 4.39 Å². The van der Waals surface area contributed by atoms with Gasteiger partial charge in [-0.25, -0.2) is 14.2 Å². The molecule has 0 aliphatic rings. The summed E-state index contributed by atoms with van der Waals surface area (Å²) in [6.07, 6.45) is 1.05. The smallest absolute Gasteiger partial charge is 0.343 e. The number of carbonyl (C=O) groups is 1. The highest BCUT2D eigenvalue weighted by molar-refractivity contribution is 6.30. The molecule has 0 amide bonds. The highest BCUT2D eigenvalue weighted by atomic mass is 35.5. The van der Waals surface area contributed by atoms with Gasteiger partial charge in [0.25, 0.3) is 0 Å². The summed E-state index contributed by atoms with van der Waals surface area (Å²) in [6.45, 7) is 6.89. The molecule has 1 atom stereocenters. The van der Waals surface area contributed by atoms with Gasteiger partial charge in [-0.1, -0.05) is 44.5 Å². The van der Waals surface area contributed by atoms with E-state index < -0.39 is 34.6 Å². The average Bonchev–Trinajstić information content (AvgIpc) is 2.73. The molecule has 176 valence electrons. The number of hydrogen-bond donors (Lipinski definition) is 1. The Balaban J connectivity index is 2.30. The van der Waals surface area contributed by atoms with Crippen LogP contribution in [-0.2, 0) is 11.2 Å². The molecule has 0 aliphatic carbocycles. The van der Waals surface area contributed by atoms with Crippen molar-refractivity contribution in [3.8, 4) is 0 Å². The number of nitrogens with zero attached hydrogens (tertiary/aromatic N) is 2. The van der Waals surface area contributed by atoms with Gasteiger partial charge in [0.05, 0.1) is 29.7 Å². The first-order valence-electron chi connectivity index (χ1n) is 10.4. The van der Waals surface area contributed by atoms with Crippen LogP contribution in [-0.4, -0.2) is 33.8 Å². The number of hydrogen-bond acceptors (Lipinski definition) is 5. The Morgan fingerprint density at radius 1 is 1.27 bits per heavy atom. The van der Waals surface area contributed by atoms with Gasteiger partial charge in [-0.05, 0) is 30.0 Å². The van der Waals surface area contributed by atoms with Crippen LogP contribution in [0.5, 0.6) is 0 Å². The largest absolute Gasteiger partial charge is 0.462 e. The number of aromatic nitrogens is 2. The normalized spacial score (nSPS) is 12.7. The van der Waals surface area contributed by atoms with Crippen molar-refractivity contribution >= 4 is 28.6 Å². The van der Waals surface area contributed by atoms with Gasteiger partial charge >= 0.3 is 5.97 Å². The molecule has 3 rings (SSSR count). The molecule has 0 radical (unpaired) electrons. The van der Waals surface area contributed by atoms with E-state index in [-0.39, 0.29) is 52.4 Å². The van der Waals surface area contributed by atoms with Gasteiger partial charge < -0.3 is 14.4 Å². The van der Waals surface area contributed by atoms with Crippen LogP contribution in [0, 0.1) is 17.2 Å². The van der Waals surface area contributed by atoms with E-state index in [9.17, 15) is 19.1 Å². The SMILES string of the molecule is CCOC(=O)c1cn([C@H](CO)C(C)(C)C)c2nc(F)c(Cc3cccc(Cl)c3F)cc2c1=O. The lowest BCUT2D eigenvalue weighted by Crippen LogP contribution is -2.31. The van der Waals surface area contributed by atoms with E-state index in [1.807, 2.05) is 20.8 Å². The number of rotatable bonds is 6.